The number of unbranched alkanes of at least 4 members (excludes halogenated alkanes) is 1. The molecule has 6 heteroatoms. The number of rotatable bonds is 6. The first-order chi connectivity index (χ1) is 11.1. The number of hydroxylamine groups is 2. The predicted molar refractivity (Wildman–Crippen MR) is 83.0 cm³/mol. The van der Waals surface area contributed by atoms with Crippen LogP contribution in [0.3, 0.4) is 0 Å². The standard InChI is InChI=1S/C17H18N2O4/c20-15-9-10-16(21)19(15)23-17(22)8-4-1-5-12-11-18-14-7-3-2-6-13(12)14/h2-3,6-7,11,18H,1,4-5,8-10H2. The van der Waals surface area contributed by atoms with E-state index in [1.165, 1.54) is 10.9 Å². The Morgan fingerprint density at radius 2 is 1.87 bits per heavy atom. The number of para-hydroxylation sites is 1. The first-order valence-corrected chi connectivity index (χ1v) is 7.77. The fourth-order valence-electron chi connectivity index (χ4n) is 2.73. The average Bonchev–Trinajstić information content (AvgIpc) is 3.10. The van der Waals surface area contributed by atoms with Crippen molar-refractivity contribution >= 4 is 28.7 Å². The molecule has 1 aliphatic heterocycles. The molecule has 1 aromatic carbocycles. The summed E-state index contributed by atoms with van der Waals surface area (Å²) >= 11 is 0. The molecule has 2 heterocycles. The second-order valence-electron chi connectivity index (χ2n) is 5.61. The Morgan fingerprint density at radius 1 is 1.13 bits per heavy atom. The molecule has 1 aromatic heterocycles. The number of aromatic nitrogens is 1. The van der Waals surface area contributed by atoms with Crippen LogP contribution in [0, 0.1) is 0 Å². The van der Waals surface area contributed by atoms with Crippen LogP contribution in [0.2, 0.25) is 0 Å². The number of carbonyl (C=O) groups excluding carboxylic acids is 3. The lowest BCUT2D eigenvalue weighted by molar-refractivity contribution is -0.197. The van der Waals surface area contributed by atoms with Gasteiger partial charge in [0.15, 0.2) is 0 Å². The molecule has 2 amide bonds. The monoisotopic (exact) mass is 314 g/mol. The quantitative estimate of drug-likeness (QED) is 0.656. The maximum Gasteiger partial charge on any atom is 0.333 e. The van der Waals surface area contributed by atoms with Gasteiger partial charge in [-0.2, -0.15) is 0 Å². The molecule has 1 N–H and O–H groups in total. The highest BCUT2D eigenvalue weighted by atomic mass is 16.7. The number of H-pyrrole nitrogens is 1. The molecule has 0 radical (unpaired) electrons. The molecule has 23 heavy (non-hydrogen) atoms. The van der Waals surface area contributed by atoms with Crippen LogP contribution in [0.1, 0.15) is 37.7 Å². The van der Waals surface area contributed by atoms with Crippen LogP contribution in [-0.2, 0) is 25.6 Å². The number of imide groups is 1. The molecule has 1 aliphatic rings. The Hall–Kier alpha value is -2.63. The van der Waals surface area contributed by atoms with E-state index in [1.54, 1.807) is 0 Å². The van der Waals surface area contributed by atoms with Gasteiger partial charge < -0.3 is 9.82 Å². The number of hydrogen-bond acceptors (Lipinski definition) is 4. The third-order valence-corrected chi connectivity index (χ3v) is 3.95. The Kier molecular flexibility index (Phi) is 4.41. The fourth-order valence-corrected chi connectivity index (χ4v) is 2.73. The molecule has 3 rings (SSSR count). The lowest BCUT2D eigenvalue weighted by Gasteiger charge is -2.12. The lowest BCUT2D eigenvalue weighted by atomic mass is 10.1. The molecule has 0 saturated carbocycles. The molecule has 0 spiro atoms. The summed E-state index contributed by atoms with van der Waals surface area (Å²) < 4.78 is 0. The van der Waals surface area contributed by atoms with Gasteiger partial charge in [-0.25, -0.2) is 4.79 Å². The van der Waals surface area contributed by atoms with Gasteiger partial charge in [0.1, 0.15) is 0 Å². The molecule has 120 valence electrons. The Bertz CT molecular complexity index is 734. The van der Waals surface area contributed by atoms with E-state index in [2.05, 4.69) is 11.1 Å². The van der Waals surface area contributed by atoms with E-state index in [9.17, 15) is 14.4 Å². The van der Waals surface area contributed by atoms with Crippen molar-refractivity contribution in [2.45, 2.75) is 38.5 Å². The van der Waals surface area contributed by atoms with E-state index >= 15 is 0 Å². The van der Waals surface area contributed by atoms with Crippen molar-refractivity contribution in [2.75, 3.05) is 0 Å². The first-order valence-electron chi connectivity index (χ1n) is 7.77. The van der Waals surface area contributed by atoms with E-state index in [4.69, 9.17) is 4.84 Å². The van der Waals surface area contributed by atoms with E-state index < -0.39 is 17.8 Å². The summed E-state index contributed by atoms with van der Waals surface area (Å²) in [7, 11) is 0. The average molecular weight is 314 g/mol. The van der Waals surface area contributed by atoms with Gasteiger partial charge in [0.05, 0.1) is 0 Å². The smallest absolute Gasteiger partial charge is 0.333 e. The van der Waals surface area contributed by atoms with Gasteiger partial charge in [-0.1, -0.05) is 18.2 Å². The number of nitrogens with zero attached hydrogens (tertiary/aromatic N) is 1. The summed E-state index contributed by atoms with van der Waals surface area (Å²) in [5.74, 6) is -1.42. The highest BCUT2D eigenvalue weighted by molar-refractivity contribution is 6.01. The third-order valence-electron chi connectivity index (χ3n) is 3.95. The van der Waals surface area contributed by atoms with Crippen molar-refractivity contribution in [3.05, 3.63) is 36.0 Å². The van der Waals surface area contributed by atoms with E-state index in [0.717, 1.165) is 18.4 Å². The van der Waals surface area contributed by atoms with Crippen LogP contribution in [-0.4, -0.2) is 27.8 Å². The largest absolute Gasteiger partial charge is 0.361 e. The molecule has 1 fully saturated rings. The van der Waals surface area contributed by atoms with Crippen LogP contribution < -0.4 is 0 Å². The number of amides is 2. The second-order valence-corrected chi connectivity index (χ2v) is 5.61. The number of aromatic amines is 1. The minimum Gasteiger partial charge on any atom is -0.361 e. The zero-order valence-corrected chi connectivity index (χ0v) is 12.7. The highest BCUT2D eigenvalue weighted by Gasteiger charge is 2.32. The third kappa shape index (κ3) is 3.41. The van der Waals surface area contributed by atoms with Crippen LogP contribution in [0.4, 0.5) is 0 Å². The summed E-state index contributed by atoms with van der Waals surface area (Å²) in [5.41, 5.74) is 2.33. The number of aryl methyl sites for hydroxylation is 1. The predicted octanol–water partition coefficient (Wildman–Crippen LogP) is 2.49. The summed E-state index contributed by atoms with van der Waals surface area (Å²) in [6.45, 7) is 0. The number of nitrogens with one attached hydrogen (secondary N) is 1. The van der Waals surface area contributed by atoms with Crippen molar-refractivity contribution < 1.29 is 19.2 Å². The molecule has 0 atom stereocenters. The van der Waals surface area contributed by atoms with E-state index in [0.29, 0.717) is 11.5 Å². The first kappa shape index (κ1) is 15.3. The van der Waals surface area contributed by atoms with Crippen molar-refractivity contribution in [2.24, 2.45) is 0 Å². The molecule has 0 bridgehead atoms. The SMILES string of the molecule is O=C(CCCCc1c[nH]c2ccccc12)ON1C(=O)CCC1=O. The van der Waals surface area contributed by atoms with Crippen LogP contribution >= 0.6 is 0 Å². The number of fused-ring (bicyclic) bond motifs is 1. The van der Waals surface area contributed by atoms with Gasteiger partial charge in [-0.15, -0.1) is 5.06 Å². The minimum absolute atomic E-state index is 0.118. The van der Waals surface area contributed by atoms with Gasteiger partial charge in [-0.05, 0) is 30.9 Å². The molecule has 0 unspecified atom stereocenters. The van der Waals surface area contributed by atoms with Crippen molar-refractivity contribution in [3.63, 3.8) is 0 Å². The summed E-state index contributed by atoms with van der Waals surface area (Å²) in [4.78, 5) is 42.5. The normalized spacial score (nSPS) is 14.7. The maximum absolute atomic E-state index is 11.7. The second kappa shape index (κ2) is 6.64. The molecule has 6 nitrogen and oxygen atoms in total. The zero-order chi connectivity index (χ0) is 16.2. The van der Waals surface area contributed by atoms with E-state index in [-0.39, 0.29) is 19.3 Å². The van der Waals surface area contributed by atoms with E-state index in [1.807, 2.05) is 24.4 Å². The van der Waals surface area contributed by atoms with Gasteiger partial charge in [-0.3, -0.25) is 9.59 Å². The van der Waals surface area contributed by atoms with Crippen LogP contribution in [0.15, 0.2) is 30.5 Å². The minimum atomic E-state index is -0.535. The highest BCUT2D eigenvalue weighted by Crippen LogP contribution is 2.20. The Balaban J connectivity index is 1.44. The zero-order valence-electron chi connectivity index (χ0n) is 12.7. The Morgan fingerprint density at radius 3 is 2.65 bits per heavy atom. The van der Waals surface area contributed by atoms with Crippen molar-refractivity contribution in [3.8, 4) is 0 Å². The van der Waals surface area contributed by atoms with Crippen LogP contribution in [0.5, 0.6) is 0 Å². The van der Waals surface area contributed by atoms with Crippen molar-refractivity contribution in [1.29, 1.82) is 0 Å². The fraction of sp³-hybridized carbons (Fsp3) is 0.353. The lowest BCUT2D eigenvalue weighted by Crippen LogP contribution is -2.31. The van der Waals surface area contributed by atoms with Gasteiger partial charge in [0, 0.05) is 36.4 Å². The topological polar surface area (TPSA) is 79.5 Å². The van der Waals surface area contributed by atoms with Crippen LogP contribution in [0.25, 0.3) is 10.9 Å². The molecular weight excluding hydrogens is 296 g/mol. The van der Waals surface area contributed by atoms with Gasteiger partial charge in [0.25, 0.3) is 11.8 Å². The van der Waals surface area contributed by atoms with Crippen molar-refractivity contribution in [1.82, 2.24) is 10.0 Å². The number of benzene rings is 1. The number of hydrogen-bond donors (Lipinski definition) is 1. The summed E-state index contributed by atoms with van der Waals surface area (Å²) in [6, 6.07) is 8.08. The molecular formula is C17H18N2O4. The summed E-state index contributed by atoms with van der Waals surface area (Å²) in [6.07, 6.45) is 4.76. The van der Waals surface area contributed by atoms with Gasteiger partial charge in [0.2, 0.25) is 0 Å². The summed E-state index contributed by atoms with van der Waals surface area (Å²) in [5, 5.41) is 1.80. The molecule has 1 saturated heterocycles. The Labute approximate surface area is 133 Å². The number of carbonyl (C=O) groups is 3. The molecule has 2 aromatic rings. The molecule has 0 aliphatic carbocycles. The van der Waals surface area contributed by atoms with Gasteiger partial charge >= 0.3 is 5.97 Å². The maximum atomic E-state index is 11.7.